The van der Waals surface area contributed by atoms with Crippen LogP contribution >= 0.6 is 0 Å². The number of aromatic nitrogens is 1. The number of hydrogen-bond donors (Lipinski definition) is 1. The maximum Gasteiger partial charge on any atom is 0.410 e. The smallest absolute Gasteiger partial charge is 0.410 e. The summed E-state index contributed by atoms with van der Waals surface area (Å²) >= 11 is 0. The van der Waals surface area contributed by atoms with E-state index < -0.39 is 47.1 Å². The highest BCUT2D eigenvalue weighted by Crippen LogP contribution is 2.36. The molecule has 1 saturated heterocycles. The largest absolute Gasteiger partial charge is 0.477 e. The Morgan fingerprint density at radius 1 is 1.02 bits per heavy atom. The van der Waals surface area contributed by atoms with Crippen LogP contribution in [0.15, 0.2) is 48.7 Å². The highest BCUT2D eigenvalue weighted by Gasteiger charge is 2.34. The van der Waals surface area contributed by atoms with E-state index in [2.05, 4.69) is 0 Å². The summed E-state index contributed by atoms with van der Waals surface area (Å²) in [6.07, 6.45) is 2.21. The minimum atomic E-state index is -1.34. The maximum atomic E-state index is 14.0. The van der Waals surface area contributed by atoms with Crippen LogP contribution in [0.4, 0.5) is 13.6 Å². The van der Waals surface area contributed by atoms with E-state index in [1.54, 1.807) is 39.1 Å². The molecule has 1 fully saturated rings. The van der Waals surface area contributed by atoms with E-state index in [4.69, 9.17) is 14.2 Å². The summed E-state index contributed by atoms with van der Waals surface area (Å²) in [6, 6.07) is 8.89. The maximum absolute atomic E-state index is 14.0. The predicted octanol–water partition coefficient (Wildman–Crippen LogP) is 6.28. The van der Waals surface area contributed by atoms with Crippen LogP contribution in [0.2, 0.25) is 0 Å². The van der Waals surface area contributed by atoms with Crippen molar-refractivity contribution < 1.29 is 42.5 Å². The summed E-state index contributed by atoms with van der Waals surface area (Å²) in [4.78, 5) is 39.5. The molecule has 11 heteroatoms. The van der Waals surface area contributed by atoms with Gasteiger partial charge in [-0.25, -0.2) is 23.2 Å². The van der Waals surface area contributed by atoms with Gasteiger partial charge in [-0.3, -0.25) is 0 Å². The van der Waals surface area contributed by atoms with Crippen LogP contribution in [0.5, 0.6) is 11.5 Å². The number of carbonyl (C=O) groups excluding carboxylic acids is 2. The fraction of sp³-hybridized carbons (Fsp3) is 0.345. The van der Waals surface area contributed by atoms with Crippen LogP contribution in [0.1, 0.15) is 60.5 Å². The molecule has 0 saturated carbocycles. The minimum Gasteiger partial charge on any atom is -0.477 e. The molecule has 9 nitrogen and oxygen atoms in total. The number of methoxy groups -OCH3 is 1. The highest BCUT2D eigenvalue weighted by atomic mass is 19.1. The first kappa shape index (κ1) is 28.6. The summed E-state index contributed by atoms with van der Waals surface area (Å²) in [5.41, 5.74) is -0.391. The molecule has 1 atom stereocenters. The van der Waals surface area contributed by atoms with Crippen LogP contribution in [0.25, 0.3) is 11.1 Å². The number of carbonyl (C=O) groups is 3. The number of esters is 1. The SMILES string of the molecule is COC(=O)c1c(-c2ccc(Oc3c(F)cccc3F)cc2)cn([C@@H]2CCCN(C(=O)OC(C)(C)C)C2)c1C(=O)O. The van der Waals surface area contributed by atoms with E-state index in [0.29, 0.717) is 24.9 Å². The van der Waals surface area contributed by atoms with Gasteiger partial charge in [-0.2, -0.15) is 0 Å². The van der Waals surface area contributed by atoms with Gasteiger partial charge in [-0.15, -0.1) is 0 Å². The van der Waals surface area contributed by atoms with Crippen molar-refractivity contribution in [1.29, 1.82) is 0 Å². The summed E-state index contributed by atoms with van der Waals surface area (Å²) in [7, 11) is 1.15. The molecule has 0 radical (unpaired) electrons. The Hall–Kier alpha value is -4.41. The van der Waals surface area contributed by atoms with Gasteiger partial charge in [0.1, 0.15) is 22.6 Å². The molecule has 1 aliphatic heterocycles. The predicted molar refractivity (Wildman–Crippen MR) is 141 cm³/mol. The van der Waals surface area contributed by atoms with E-state index >= 15 is 0 Å². The lowest BCUT2D eigenvalue weighted by molar-refractivity contribution is 0.0171. The Morgan fingerprint density at radius 3 is 2.25 bits per heavy atom. The van der Waals surface area contributed by atoms with Crippen LogP contribution in [-0.2, 0) is 9.47 Å². The number of likely N-dealkylation sites (tertiary alicyclic amines) is 1. The van der Waals surface area contributed by atoms with Gasteiger partial charge < -0.3 is 28.8 Å². The number of rotatable bonds is 6. The molecule has 1 amide bonds. The van der Waals surface area contributed by atoms with Gasteiger partial charge in [-0.1, -0.05) is 18.2 Å². The number of piperidine rings is 1. The first-order valence-corrected chi connectivity index (χ1v) is 12.7. The molecule has 4 rings (SSSR count). The van der Waals surface area contributed by atoms with Gasteiger partial charge in [0.15, 0.2) is 17.4 Å². The molecular formula is C29H30F2N2O7. The van der Waals surface area contributed by atoms with Gasteiger partial charge in [0, 0.05) is 24.8 Å². The number of amides is 1. The third-order valence-corrected chi connectivity index (χ3v) is 6.37. The van der Waals surface area contributed by atoms with Crippen LogP contribution in [-0.4, -0.2) is 58.4 Å². The van der Waals surface area contributed by atoms with Crippen LogP contribution in [0.3, 0.4) is 0 Å². The zero-order valence-corrected chi connectivity index (χ0v) is 22.6. The van der Waals surface area contributed by atoms with Crippen molar-refractivity contribution >= 4 is 18.0 Å². The molecule has 2 heterocycles. The average Bonchev–Trinajstić information content (AvgIpc) is 3.31. The molecule has 1 aromatic heterocycles. The third-order valence-electron chi connectivity index (χ3n) is 6.37. The molecular weight excluding hydrogens is 526 g/mol. The topological polar surface area (TPSA) is 107 Å². The number of para-hydroxylation sites is 1. The third kappa shape index (κ3) is 6.08. The fourth-order valence-corrected chi connectivity index (χ4v) is 4.63. The van der Waals surface area contributed by atoms with Gasteiger partial charge in [-0.05, 0) is 63.4 Å². The Bertz CT molecular complexity index is 1410. The van der Waals surface area contributed by atoms with Crippen LogP contribution < -0.4 is 4.74 Å². The molecule has 0 aliphatic carbocycles. The molecule has 212 valence electrons. The highest BCUT2D eigenvalue weighted by molar-refractivity contribution is 6.07. The van der Waals surface area contributed by atoms with Crippen molar-refractivity contribution in [2.45, 2.75) is 45.3 Å². The molecule has 2 aromatic carbocycles. The molecule has 0 spiro atoms. The van der Waals surface area contributed by atoms with Gasteiger partial charge in [0.25, 0.3) is 0 Å². The van der Waals surface area contributed by atoms with Gasteiger partial charge in [0.05, 0.1) is 13.2 Å². The lowest BCUT2D eigenvalue weighted by atomic mass is 10.0. The number of carboxylic acids is 1. The second-order valence-electron chi connectivity index (χ2n) is 10.4. The first-order chi connectivity index (χ1) is 18.9. The monoisotopic (exact) mass is 556 g/mol. The molecule has 0 bridgehead atoms. The molecule has 1 aliphatic rings. The second kappa shape index (κ2) is 11.4. The van der Waals surface area contributed by atoms with Crippen molar-refractivity contribution in [3.63, 3.8) is 0 Å². The Kier molecular flexibility index (Phi) is 8.13. The van der Waals surface area contributed by atoms with Gasteiger partial charge in [0.2, 0.25) is 0 Å². The summed E-state index contributed by atoms with van der Waals surface area (Å²) in [5, 5.41) is 10.1. The Labute approximate surface area is 229 Å². The lowest BCUT2D eigenvalue weighted by Crippen LogP contribution is -2.43. The lowest BCUT2D eigenvalue weighted by Gasteiger charge is -2.35. The van der Waals surface area contributed by atoms with Crippen molar-refractivity contribution in [3.05, 3.63) is 71.6 Å². The van der Waals surface area contributed by atoms with E-state index in [1.807, 2.05) is 0 Å². The first-order valence-electron chi connectivity index (χ1n) is 12.7. The number of carboxylic acid groups (broad SMARTS) is 1. The molecule has 40 heavy (non-hydrogen) atoms. The molecule has 0 unspecified atom stereocenters. The number of ether oxygens (including phenoxy) is 3. The average molecular weight is 557 g/mol. The Balaban J connectivity index is 1.71. The van der Waals surface area contributed by atoms with Gasteiger partial charge >= 0.3 is 18.0 Å². The number of benzene rings is 2. The standard InChI is InChI=1S/C29H30F2N2O7/c1-29(2,3)40-28(37)32-14-6-7-18(15-32)33-16-20(23(27(36)38-4)24(33)26(34)35)17-10-12-19(13-11-17)39-25-21(30)8-5-9-22(25)31/h5,8-13,16,18H,6-7,14-15H2,1-4H3,(H,34,35)/t18-/m1/s1. The summed E-state index contributed by atoms with van der Waals surface area (Å²) in [5.74, 6) is -4.35. The van der Waals surface area contributed by atoms with Crippen molar-refractivity contribution in [1.82, 2.24) is 9.47 Å². The quantitative estimate of drug-likeness (QED) is 0.356. The molecule has 1 N–H and O–H groups in total. The van der Waals surface area contributed by atoms with E-state index in [0.717, 1.165) is 19.2 Å². The second-order valence-corrected chi connectivity index (χ2v) is 10.4. The van der Waals surface area contributed by atoms with Crippen LogP contribution in [0, 0.1) is 11.6 Å². The number of nitrogens with zero attached hydrogens (tertiary/aromatic N) is 2. The van der Waals surface area contributed by atoms with E-state index in [9.17, 15) is 28.3 Å². The number of hydrogen-bond acceptors (Lipinski definition) is 6. The normalized spacial score (nSPS) is 15.4. The van der Waals surface area contributed by atoms with E-state index in [1.165, 1.54) is 27.7 Å². The summed E-state index contributed by atoms with van der Waals surface area (Å²) in [6.45, 7) is 5.93. The zero-order chi connectivity index (χ0) is 29.2. The zero-order valence-electron chi connectivity index (χ0n) is 22.6. The summed E-state index contributed by atoms with van der Waals surface area (Å²) < 4.78 is 45.3. The number of halogens is 2. The van der Waals surface area contributed by atoms with Crippen molar-refractivity contribution in [3.8, 4) is 22.6 Å². The minimum absolute atomic E-state index is 0.130. The van der Waals surface area contributed by atoms with Crippen molar-refractivity contribution in [2.24, 2.45) is 0 Å². The Morgan fingerprint density at radius 2 is 1.68 bits per heavy atom. The fourth-order valence-electron chi connectivity index (χ4n) is 4.63. The van der Waals surface area contributed by atoms with Crippen molar-refractivity contribution in [2.75, 3.05) is 20.2 Å². The molecule has 3 aromatic rings. The number of aromatic carboxylic acids is 1. The van der Waals surface area contributed by atoms with E-state index in [-0.39, 0.29) is 29.1 Å².